The minimum atomic E-state index is 0.526. The maximum absolute atomic E-state index is 6.25. The van der Waals surface area contributed by atoms with Crippen molar-refractivity contribution in [3.05, 3.63) is 53.3 Å². The van der Waals surface area contributed by atoms with Gasteiger partial charge in [-0.05, 0) is 44.0 Å². The second kappa shape index (κ2) is 5.01. The van der Waals surface area contributed by atoms with E-state index in [-0.39, 0.29) is 0 Å². The number of anilines is 1. The van der Waals surface area contributed by atoms with Crippen molar-refractivity contribution in [1.29, 1.82) is 0 Å². The predicted octanol–water partition coefficient (Wildman–Crippen LogP) is 2.84. The van der Waals surface area contributed by atoms with E-state index in [0.29, 0.717) is 11.5 Å². The molecule has 0 aliphatic rings. The molecule has 1 aromatic carbocycles. The van der Waals surface area contributed by atoms with Crippen LogP contribution in [0.5, 0.6) is 0 Å². The second-order valence-corrected chi connectivity index (χ2v) is 5.22. The summed E-state index contributed by atoms with van der Waals surface area (Å²) in [5.74, 6) is 0.526. The number of hydrogen-bond acceptors (Lipinski definition) is 4. The third kappa shape index (κ3) is 2.27. The molecular formula is C16H17N5. The Morgan fingerprint density at radius 2 is 1.81 bits per heavy atom. The fraction of sp³-hybridized carbons (Fsp3) is 0.188. The van der Waals surface area contributed by atoms with Gasteiger partial charge in [0.25, 0.3) is 0 Å². The van der Waals surface area contributed by atoms with Crippen molar-refractivity contribution in [3.63, 3.8) is 0 Å². The standard InChI is InChI=1S/C16H17N5/c1-10-7-11(2)15(12(3)8-10)21-16(17)14(19-20-21)13-5-4-6-18-9-13/h4-9H,17H2,1-3H3. The number of rotatable bonds is 2. The molecule has 3 aromatic rings. The first-order chi connectivity index (χ1) is 10.1. The molecule has 0 spiro atoms. The maximum atomic E-state index is 6.25. The molecule has 2 aromatic heterocycles. The van der Waals surface area contributed by atoms with Crippen molar-refractivity contribution in [3.8, 4) is 16.9 Å². The molecule has 0 radical (unpaired) electrons. The van der Waals surface area contributed by atoms with E-state index < -0.39 is 0 Å². The number of pyridine rings is 1. The van der Waals surface area contributed by atoms with Crippen LogP contribution in [0.25, 0.3) is 16.9 Å². The molecule has 3 rings (SSSR count). The Morgan fingerprint density at radius 1 is 1.10 bits per heavy atom. The number of hydrogen-bond donors (Lipinski definition) is 1. The molecule has 106 valence electrons. The van der Waals surface area contributed by atoms with E-state index in [4.69, 9.17) is 5.73 Å². The highest BCUT2D eigenvalue weighted by Crippen LogP contribution is 2.28. The zero-order valence-corrected chi connectivity index (χ0v) is 12.3. The number of nitrogens with zero attached hydrogens (tertiary/aromatic N) is 4. The van der Waals surface area contributed by atoms with Crippen LogP contribution in [0.15, 0.2) is 36.7 Å². The molecule has 0 saturated carbocycles. The van der Waals surface area contributed by atoms with Crippen LogP contribution in [0, 0.1) is 20.8 Å². The van der Waals surface area contributed by atoms with Gasteiger partial charge in [-0.25, -0.2) is 0 Å². The van der Waals surface area contributed by atoms with Gasteiger partial charge in [0, 0.05) is 18.0 Å². The molecule has 2 N–H and O–H groups in total. The maximum Gasteiger partial charge on any atom is 0.155 e. The Morgan fingerprint density at radius 3 is 2.43 bits per heavy atom. The van der Waals surface area contributed by atoms with Gasteiger partial charge in [0.2, 0.25) is 0 Å². The summed E-state index contributed by atoms with van der Waals surface area (Å²) in [7, 11) is 0. The van der Waals surface area contributed by atoms with Crippen LogP contribution in [0.3, 0.4) is 0 Å². The Kier molecular flexibility index (Phi) is 3.17. The van der Waals surface area contributed by atoms with Crippen molar-refractivity contribution >= 4 is 5.82 Å². The van der Waals surface area contributed by atoms with Gasteiger partial charge in [-0.1, -0.05) is 22.9 Å². The molecule has 0 aliphatic heterocycles. The van der Waals surface area contributed by atoms with Crippen molar-refractivity contribution < 1.29 is 0 Å². The summed E-state index contributed by atoms with van der Waals surface area (Å²) in [5.41, 5.74) is 12.2. The first kappa shape index (κ1) is 13.3. The zero-order chi connectivity index (χ0) is 15.0. The van der Waals surface area contributed by atoms with E-state index in [1.54, 1.807) is 17.1 Å². The van der Waals surface area contributed by atoms with E-state index in [1.165, 1.54) is 5.56 Å². The Balaban J connectivity index is 2.16. The van der Waals surface area contributed by atoms with Gasteiger partial charge in [-0.3, -0.25) is 4.98 Å². The molecule has 0 atom stereocenters. The second-order valence-electron chi connectivity index (χ2n) is 5.22. The fourth-order valence-electron chi connectivity index (χ4n) is 2.67. The van der Waals surface area contributed by atoms with Crippen LogP contribution in [-0.2, 0) is 0 Å². The molecule has 5 nitrogen and oxygen atoms in total. The van der Waals surface area contributed by atoms with E-state index in [9.17, 15) is 0 Å². The average molecular weight is 279 g/mol. The Bertz CT molecular complexity index is 767. The molecule has 0 aliphatic carbocycles. The SMILES string of the molecule is Cc1cc(C)c(-n2nnc(-c3cccnc3)c2N)c(C)c1. The van der Waals surface area contributed by atoms with Crippen LogP contribution < -0.4 is 5.73 Å². The van der Waals surface area contributed by atoms with E-state index in [1.807, 2.05) is 12.1 Å². The van der Waals surface area contributed by atoms with Crippen LogP contribution in [0.1, 0.15) is 16.7 Å². The minimum Gasteiger partial charge on any atom is -0.382 e. The lowest BCUT2D eigenvalue weighted by Crippen LogP contribution is -2.06. The van der Waals surface area contributed by atoms with Crippen LogP contribution in [0.2, 0.25) is 0 Å². The molecule has 0 fully saturated rings. The highest BCUT2D eigenvalue weighted by atomic mass is 15.5. The van der Waals surface area contributed by atoms with Gasteiger partial charge < -0.3 is 5.73 Å². The summed E-state index contributed by atoms with van der Waals surface area (Å²) >= 11 is 0. The number of nitrogen functional groups attached to an aromatic ring is 1. The minimum absolute atomic E-state index is 0.526. The number of aryl methyl sites for hydroxylation is 3. The van der Waals surface area contributed by atoms with E-state index in [0.717, 1.165) is 22.4 Å². The molecular weight excluding hydrogens is 262 g/mol. The molecule has 0 unspecified atom stereocenters. The van der Waals surface area contributed by atoms with Gasteiger partial charge in [0.1, 0.15) is 5.69 Å². The first-order valence-electron chi connectivity index (χ1n) is 6.77. The normalized spacial score (nSPS) is 10.8. The molecule has 0 amide bonds. The van der Waals surface area contributed by atoms with E-state index in [2.05, 4.69) is 48.2 Å². The smallest absolute Gasteiger partial charge is 0.155 e. The third-order valence-electron chi connectivity index (χ3n) is 3.49. The lowest BCUT2D eigenvalue weighted by Gasteiger charge is -2.12. The molecule has 21 heavy (non-hydrogen) atoms. The third-order valence-corrected chi connectivity index (χ3v) is 3.49. The fourth-order valence-corrected chi connectivity index (χ4v) is 2.67. The lowest BCUT2D eigenvalue weighted by atomic mass is 10.1. The summed E-state index contributed by atoms with van der Waals surface area (Å²) in [6.07, 6.45) is 3.46. The molecule has 2 heterocycles. The predicted molar refractivity (Wildman–Crippen MR) is 83.2 cm³/mol. The summed E-state index contributed by atoms with van der Waals surface area (Å²) in [6, 6.07) is 8.02. The van der Waals surface area contributed by atoms with Gasteiger partial charge >= 0.3 is 0 Å². The first-order valence-corrected chi connectivity index (χ1v) is 6.77. The summed E-state index contributed by atoms with van der Waals surface area (Å²) in [4.78, 5) is 4.10. The average Bonchev–Trinajstić information content (AvgIpc) is 2.81. The van der Waals surface area contributed by atoms with E-state index >= 15 is 0 Å². The Hall–Kier alpha value is -2.69. The molecule has 5 heteroatoms. The Labute approximate surface area is 123 Å². The van der Waals surface area contributed by atoms with Crippen LogP contribution >= 0.6 is 0 Å². The summed E-state index contributed by atoms with van der Waals surface area (Å²) < 4.78 is 1.70. The van der Waals surface area contributed by atoms with Crippen molar-refractivity contribution in [2.24, 2.45) is 0 Å². The molecule has 0 saturated heterocycles. The van der Waals surface area contributed by atoms with Gasteiger partial charge in [0.15, 0.2) is 5.82 Å². The molecule has 0 bridgehead atoms. The zero-order valence-electron chi connectivity index (χ0n) is 12.3. The van der Waals surface area contributed by atoms with Crippen molar-refractivity contribution in [1.82, 2.24) is 20.0 Å². The monoisotopic (exact) mass is 279 g/mol. The van der Waals surface area contributed by atoms with Gasteiger partial charge in [0.05, 0.1) is 5.69 Å². The van der Waals surface area contributed by atoms with Crippen LogP contribution in [-0.4, -0.2) is 20.0 Å². The van der Waals surface area contributed by atoms with Crippen LogP contribution in [0.4, 0.5) is 5.82 Å². The van der Waals surface area contributed by atoms with Crippen molar-refractivity contribution in [2.75, 3.05) is 5.73 Å². The summed E-state index contributed by atoms with van der Waals surface area (Å²) in [6.45, 7) is 6.19. The van der Waals surface area contributed by atoms with Gasteiger partial charge in [-0.15, -0.1) is 5.10 Å². The number of benzene rings is 1. The van der Waals surface area contributed by atoms with Gasteiger partial charge in [-0.2, -0.15) is 4.68 Å². The number of aromatic nitrogens is 4. The summed E-state index contributed by atoms with van der Waals surface area (Å²) in [5, 5.41) is 8.44. The lowest BCUT2D eigenvalue weighted by molar-refractivity contribution is 0.800. The number of nitrogens with two attached hydrogens (primary N) is 1. The topological polar surface area (TPSA) is 69.6 Å². The highest BCUT2D eigenvalue weighted by Gasteiger charge is 2.16. The highest BCUT2D eigenvalue weighted by molar-refractivity contribution is 5.71. The largest absolute Gasteiger partial charge is 0.382 e. The quantitative estimate of drug-likeness (QED) is 0.783. The van der Waals surface area contributed by atoms with Crippen molar-refractivity contribution in [2.45, 2.75) is 20.8 Å².